The van der Waals surface area contributed by atoms with Crippen molar-refractivity contribution in [1.82, 2.24) is 0 Å². The number of carbonyl (C=O) groups excluding carboxylic acids is 1. The second-order valence-corrected chi connectivity index (χ2v) is 6.55. The van der Waals surface area contributed by atoms with Crippen molar-refractivity contribution in [2.45, 2.75) is 83.6 Å². The molecular weight excluding hydrogens is 234 g/mol. The quantitative estimate of drug-likeness (QED) is 0.668. The van der Waals surface area contributed by atoms with E-state index in [1.54, 1.807) is 6.92 Å². The van der Waals surface area contributed by atoms with E-state index in [4.69, 9.17) is 4.99 Å². The molecule has 2 rings (SSSR count). The fourth-order valence-corrected chi connectivity index (χ4v) is 3.57. The Morgan fingerprint density at radius 3 is 2.21 bits per heavy atom. The van der Waals surface area contributed by atoms with Gasteiger partial charge in [0.1, 0.15) is 5.78 Å². The maximum Gasteiger partial charge on any atom is 0.138 e. The molecule has 0 spiro atoms. The average Bonchev–Trinajstić information content (AvgIpc) is 2.45. The highest BCUT2D eigenvalue weighted by molar-refractivity contribution is 5.93. The van der Waals surface area contributed by atoms with E-state index < -0.39 is 0 Å². The van der Waals surface area contributed by atoms with Gasteiger partial charge in [-0.25, -0.2) is 0 Å². The maximum absolute atomic E-state index is 11.8. The smallest absolute Gasteiger partial charge is 0.138 e. The number of hydrogen-bond donors (Lipinski definition) is 0. The molecule has 2 fully saturated rings. The van der Waals surface area contributed by atoms with E-state index in [2.05, 4.69) is 0 Å². The molecule has 2 nitrogen and oxygen atoms in total. The lowest BCUT2D eigenvalue weighted by atomic mass is 9.82. The first kappa shape index (κ1) is 14.7. The molecule has 1 atom stereocenters. The summed E-state index contributed by atoms with van der Waals surface area (Å²) in [7, 11) is 0. The minimum absolute atomic E-state index is 0.0880. The Labute approximate surface area is 118 Å². The summed E-state index contributed by atoms with van der Waals surface area (Å²) in [4.78, 5) is 16.5. The lowest BCUT2D eigenvalue weighted by Crippen LogP contribution is -2.20. The van der Waals surface area contributed by atoms with Gasteiger partial charge in [0.15, 0.2) is 0 Å². The third-order valence-electron chi connectivity index (χ3n) is 4.89. The summed E-state index contributed by atoms with van der Waals surface area (Å²) in [5, 5.41) is 0. The minimum atomic E-state index is 0.0880. The van der Waals surface area contributed by atoms with Gasteiger partial charge in [0.05, 0.1) is 5.92 Å². The van der Waals surface area contributed by atoms with E-state index in [1.807, 2.05) is 6.21 Å². The molecule has 0 bridgehead atoms. The molecule has 2 aliphatic carbocycles. The highest BCUT2D eigenvalue weighted by atomic mass is 16.1. The molecule has 2 heteroatoms. The molecule has 0 saturated heterocycles. The van der Waals surface area contributed by atoms with Crippen LogP contribution < -0.4 is 0 Å². The SMILES string of the molecule is CC(=O)C(/C=N/C1CCCCC1)CC1CCCCC1. The summed E-state index contributed by atoms with van der Waals surface area (Å²) in [5.74, 6) is 1.16. The zero-order valence-corrected chi connectivity index (χ0v) is 12.4. The molecular formula is C17H29NO. The molecule has 1 unspecified atom stereocenters. The summed E-state index contributed by atoms with van der Waals surface area (Å²) < 4.78 is 0. The third-order valence-corrected chi connectivity index (χ3v) is 4.89. The summed E-state index contributed by atoms with van der Waals surface area (Å²) in [6.07, 6.45) is 16.2. The fraction of sp³-hybridized carbons (Fsp3) is 0.882. The van der Waals surface area contributed by atoms with Crippen molar-refractivity contribution in [1.29, 1.82) is 0 Å². The van der Waals surface area contributed by atoms with Crippen LogP contribution in [0, 0.1) is 11.8 Å². The topological polar surface area (TPSA) is 29.4 Å². The van der Waals surface area contributed by atoms with E-state index in [0.29, 0.717) is 11.8 Å². The number of ketones is 1. The van der Waals surface area contributed by atoms with Crippen LogP contribution in [0.25, 0.3) is 0 Å². The first-order chi connectivity index (χ1) is 9.25. The fourth-order valence-electron chi connectivity index (χ4n) is 3.57. The van der Waals surface area contributed by atoms with Crippen molar-refractivity contribution >= 4 is 12.0 Å². The van der Waals surface area contributed by atoms with E-state index in [-0.39, 0.29) is 5.92 Å². The lowest BCUT2D eigenvalue weighted by molar-refractivity contribution is -0.119. The van der Waals surface area contributed by atoms with E-state index in [0.717, 1.165) is 12.3 Å². The van der Waals surface area contributed by atoms with Crippen LogP contribution in [0.4, 0.5) is 0 Å². The average molecular weight is 263 g/mol. The highest BCUT2D eigenvalue weighted by Crippen LogP contribution is 2.29. The predicted octanol–water partition coefficient (Wildman–Crippen LogP) is 4.57. The molecule has 2 aliphatic rings. The van der Waals surface area contributed by atoms with Crippen molar-refractivity contribution in [2.24, 2.45) is 16.8 Å². The molecule has 0 heterocycles. The van der Waals surface area contributed by atoms with Gasteiger partial charge in [-0.3, -0.25) is 9.79 Å². The van der Waals surface area contributed by atoms with Gasteiger partial charge < -0.3 is 0 Å². The van der Waals surface area contributed by atoms with Gasteiger partial charge in [-0.15, -0.1) is 0 Å². The first-order valence-corrected chi connectivity index (χ1v) is 8.29. The first-order valence-electron chi connectivity index (χ1n) is 8.29. The molecule has 108 valence electrons. The van der Waals surface area contributed by atoms with Gasteiger partial charge in [0, 0.05) is 12.3 Å². The Hall–Kier alpha value is -0.660. The van der Waals surface area contributed by atoms with E-state index in [1.165, 1.54) is 64.2 Å². The molecule has 2 saturated carbocycles. The van der Waals surface area contributed by atoms with E-state index in [9.17, 15) is 4.79 Å². The molecule has 0 aliphatic heterocycles. The number of Topliss-reactive ketones (excluding diaryl/α,β-unsaturated/α-hetero) is 1. The van der Waals surface area contributed by atoms with Crippen LogP contribution in [0.1, 0.15) is 77.6 Å². The Morgan fingerprint density at radius 1 is 1.05 bits per heavy atom. The molecule has 0 aromatic carbocycles. The van der Waals surface area contributed by atoms with Crippen LogP contribution in [-0.4, -0.2) is 18.0 Å². The predicted molar refractivity (Wildman–Crippen MR) is 80.7 cm³/mol. The number of nitrogens with zero attached hydrogens (tertiary/aromatic N) is 1. The molecule has 0 aromatic rings. The van der Waals surface area contributed by atoms with Gasteiger partial charge in [0.25, 0.3) is 0 Å². The summed E-state index contributed by atoms with van der Waals surface area (Å²) in [6, 6.07) is 0.502. The second-order valence-electron chi connectivity index (χ2n) is 6.55. The Kier molecular flexibility index (Phi) is 6.06. The zero-order valence-electron chi connectivity index (χ0n) is 12.4. The van der Waals surface area contributed by atoms with Crippen LogP contribution in [0.5, 0.6) is 0 Å². The highest BCUT2D eigenvalue weighted by Gasteiger charge is 2.21. The van der Waals surface area contributed by atoms with Crippen molar-refractivity contribution in [2.75, 3.05) is 0 Å². The van der Waals surface area contributed by atoms with Crippen LogP contribution in [0.2, 0.25) is 0 Å². The normalized spacial score (nSPS) is 24.7. The Balaban J connectivity index is 1.84. The van der Waals surface area contributed by atoms with Crippen molar-refractivity contribution in [3.05, 3.63) is 0 Å². The number of rotatable bonds is 5. The summed E-state index contributed by atoms with van der Waals surface area (Å²) >= 11 is 0. The van der Waals surface area contributed by atoms with Gasteiger partial charge in [-0.2, -0.15) is 0 Å². The second kappa shape index (κ2) is 7.81. The molecule has 0 amide bonds. The largest absolute Gasteiger partial charge is 0.299 e. The standard InChI is InChI=1S/C17H29NO/c1-14(19)16(12-15-8-4-2-5-9-15)13-18-17-10-6-3-7-11-17/h13,15-17H,2-12H2,1H3/b18-13+. The molecule has 0 aromatic heterocycles. The Morgan fingerprint density at radius 2 is 1.63 bits per heavy atom. The van der Waals surface area contributed by atoms with E-state index >= 15 is 0 Å². The van der Waals surface area contributed by atoms with Crippen molar-refractivity contribution < 1.29 is 4.79 Å². The van der Waals surface area contributed by atoms with Crippen LogP contribution >= 0.6 is 0 Å². The van der Waals surface area contributed by atoms with Gasteiger partial charge >= 0.3 is 0 Å². The number of hydrogen-bond acceptors (Lipinski definition) is 2. The van der Waals surface area contributed by atoms with Crippen LogP contribution in [0.3, 0.4) is 0 Å². The van der Waals surface area contributed by atoms with Gasteiger partial charge in [-0.05, 0) is 32.1 Å². The summed E-state index contributed by atoms with van der Waals surface area (Å²) in [6.45, 7) is 1.74. The zero-order chi connectivity index (χ0) is 13.5. The Bertz CT molecular complexity index is 298. The molecule has 0 radical (unpaired) electrons. The van der Waals surface area contributed by atoms with Crippen LogP contribution in [-0.2, 0) is 4.79 Å². The van der Waals surface area contributed by atoms with Crippen molar-refractivity contribution in [3.8, 4) is 0 Å². The summed E-state index contributed by atoms with van der Waals surface area (Å²) in [5.41, 5.74) is 0. The minimum Gasteiger partial charge on any atom is -0.299 e. The third kappa shape index (κ3) is 5.08. The molecule has 0 N–H and O–H groups in total. The van der Waals surface area contributed by atoms with Gasteiger partial charge in [0.2, 0.25) is 0 Å². The number of carbonyl (C=O) groups is 1. The lowest BCUT2D eigenvalue weighted by Gasteiger charge is -2.24. The monoisotopic (exact) mass is 263 g/mol. The maximum atomic E-state index is 11.8. The number of aliphatic imine (C=N–C) groups is 1. The van der Waals surface area contributed by atoms with Gasteiger partial charge in [-0.1, -0.05) is 51.4 Å². The molecule has 19 heavy (non-hydrogen) atoms. The van der Waals surface area contributed by atoms with Crippen LogP contribution in [0.15, 0.2) is 4.99 Å². The van der Waals surface area contributed by atoms with Crippen molar-refractivity contribution in [3.63, 3.8) is 0 Å².